The number of rotatable bonds is 0. The Bertz CT molecular complexity index is 152. The van der Waals surface area contributed by atoms with Crippen LogP contribution in [0, 0.1) is 0 Å². The van der Waals surface area contributed by atoms with Gasteiger partial charge in [-0.3, -0.25) is 11.1 Å². The molecule has 0 spiro atoms. The predicted molar refractivity (Wildman–Crippen MR) is 49.0 cm³/mol. The molecule has 1 fully saturated rings. The first-order valence-electron chi connectivity index (χ1n) is 3.07. The lowest BCUT2D eigenvalue weighted by molar-refractivity contribution is 0.416. The van der Waals surface area contributed by atoms with Crippen LogP contribution in [-0.4, -0.2) is 22.1 Å². The molecule has 58 valence electrons. The van der Waals surface area contributed by atoms with Gasteiger partial charge in [-0.05, 0) is 6.92 Å². The molecule has 0 aromatic heterocycles. The summed E-state index contributed by atoms with van der Waals surface area (Å²) in [5.74, 6) is 0. The molecule has 0 bridgehead atoms. The van der Waals surface area contributed by atoms with Crippen molar-refractivity contribution < 1.29 is 0 Å². The fourth-order valence-electron chi connectivity index (χ4n) is 0.869. The second-order valence-corrected chi connectivity index (χ2v) is 3.77. The molecule has 4 N–H and O–H groups in total. The molecule has 0 aromatic rings. The molecule has 3 unspecified atom stereocenters. The van der Waals surface area contributed by atoms with Gasteiger partial charge in [0.05, 0.1) is 9.82 Å². The van der Waals surface area contributed by atoms with E-state index in [0.717, 1.165) is 4.99 Å². The van der Waals surface area contributed by atoms with Crippen molar-refractivity contribution in [2.45, 2.75) is 24.1 Å². The van der Waals surface area contributed by atoms with Crippen LogP contribution in [0.25, 0.3) is 0 Å². The highest BCUT2D eigenvalue weighted by Crippen LogP contribution is 2.10. The van der Waals surface area contributed by atoms with Gasteiger partial charge in [0.15, 0.2) is 0 Å². The first-order valence-corrected chi connectivity index (χ1v) is 4.39. The van der Waals surface area contributed by atoms with E-state index < -0.39 is 0 Å². The zero-order valence-electron chi connectivity index (χ0n) is 5.60. The van der Waals surface area contributed by atoms with Crippen LogP contribution in [0.3, 0.4) is 0 Å². The van der Waals surface area contributed by atoms with Crippen molar-refractivity contribution in [3.05, 3.63) is 0 Å². The second kappa shape index (κ2) is 3.13. The fourth-order valence-corrected chi connectivity index (χ4v) is 1.49. The molecule has 0 aliphatic carbocycles. The van der Waals surface area contributed by atoms with E-state index in [-0.39, 0.29) is 11.1 Å². The number of thiocarbonyl (C=S) groups is 1. The monoisotopic (exact) mass is 223 g/mol. The largest absolute Gasteiger partial charge is 0.351 e. The fraction of sp³-hybridized carbons (Fsp3) is 0.800. The van der Waals surface area contributed by atoms with Crippen LogP contribution < -0.4 is 16.4 Å². The van der Waals surface area contributed by atoms with Crippen LogP contribution in [0.5, 0.6) is 0 Å². The maximum absolute atomic E-state index is 5.55. The highest BCUT2D eigenvalue weighted by molar-refractivity contribution is 9.10. The lowest BCUT2D eigenvalue weighted by Crippen LogP contribution is -2.64. The van der Waals surface area contributed by atoms with E-state index in [0.29, 0.717) is 6.04 Å². The van der Waals surface area contributed by atoms with Gasteiger partial charge in [0.1, 0.15) is 6.29 Å². The lowest BCUT2D eigenvalue weighted by atomic mass is 10.2. The average molecular weight is 224 g/mol. The van der Waals surface area contributed by atoms with Crippen molar-refractivity contribution in [1.82, 2.24) is 10.6 Å². The summed E-state index contributed by atoms with van der Waals surface area (Å²) in [7, 11) is 0. The summed E-state index contributed by atoms with van der Waals surface area (Å²) in [5, 5.41) is 6.00. The van der Waals surface area contributed by atoms with Crippen LogP contribution in [0.15, 0.2) is 0 Å². The molecule has 1 heterocycles. The molecule has 0 aromatic carbocycles. The lowest BCUT2D eigenvalue weighted by Gasteiger charge is -2.32. The Kier molecular flexibility index (Phi) is 2.62. The number of nitrogens with two attached hydrogens (primary N) is 1. The number of hydrogen-bond donors (Lipinski definition) is 3. The van der Waals surface area contributed by atoms with Gasteiger partial charge in [-0.25, -0.2) is 0 Å². The molecule has 0 radical (unpaired) electrons. The summed E-state index contributed by atoms with van der Waals surface area (Å²) in [6.07, 6.45) is -0.198. The zero-order valence-corrected chi connectivity index (χ0v) is 8.00. The minimum absolute atomic E-state index is 0.197. The average Bonchev–Trinajstić information content (AvgIpc) is 1.82. The van der Waals surface area contributed by atoms with Crippen LogP contribution in [0.2, 0.25) is 0 Å². The minimum atomic E-state index is -0.198. The van der Waals surface area contributed by atoms with E-state index in [1.54, 1.807) is 0 Å². The number of nitrogens with one attached hydrogen (secondary N) is 2. The van der Waals surface area contributed by atoms with Gasteiger partial charge in [0, 0.05) is 6.04 Å². The Morgan fingerprint density at radius 1 is 1.70 bits per heavy atom. The summed E-state index contributed by atoms with van der Waals surface area (Å²) in [5.41, 5.74) is 5.55. The van der Waals surface area contributed by atoms with Gasteiger partial charge in [-0.15, -0.1) is 0 Å². The normalized spacial score (nSPS) is 41.1. The van der Waals surface area contributed by atoms with E-state index in [1.807, 2.05) is 6.92 Å². The molecular weight excluding hydrogens is 214 g/mol. The van der Waals surface area contributed by atoms with Crippen molar-refractivity contribution in [2.24, 2.45) is 5.73 Å². The highest BCUT2D eigenvalue weighted by atomic mass is 79.9. The minimum Gasteiger partial charge on any atom is -0.351 e. The Morgan fingerprint density at radius 2 is 2.30 bits per heavy atom. The Hall–Kier alpha value is 0.290. The zero-order chi connectivity index (χ0) is 7.72. The van der Waals surface area contributed by atoms with Crippen molar-refractivity contribution in [1.29, 1.82) is 0 Å². The van der Waals surface area contributed by atoms with Gasteiger partial charge in [0.2, 0.25) is 0 Å². The third kappa shape index (κ3) is 1.66. The van der Waals surface area contributed by atoms with Crippen molar-refractivity contribution in [3.63, 3.8) is 0 Å². The molecule has 0 amide bonds. The molecule has 1 aliphatic rings. The molecular formula is C5H10BrN3S. The Labute approximate surface area is 73.9 Å². The second-order valence-electron chi connectivity index (χ2n) is 2.34. The maximum atomic E-state index is 5.55. The van der Waals surface area contributed by atoms with E-state index in [1.165, 1.54) is 0 Å². The smallest absolute Gasteiger partial charge is 0.130 e. The molecule has 1 rings (SSSR count). The number of alkyl halides is 1. The van der Waals surface area contributed by atoms with Crippen molar-refractivity contribution >= 4 is 33.1 Å². The molecule has 1 aliphatic heterocycles. The van der Waals surface area contributed by atoms with Gasteiger partial charge >= 0.3 is 0 Å². The summed E-state index contributed by atoms with van der Waals surface area (Å²) >= 11 is 8.43. The van der Waals surface area contributed by atoms with Crippen LogP contribution in [-0.2, 0) is 0 Å². The van der Waals surface area contributed by atoms with Gasteiger partial charge in [0.25, 0.3) is 0 Å². The Balaban J connectivity index is 2.57. The Morgan fingerprint density at radius 3 is 2.80 bits per heavy atom. The number of halogens is 1. The van der Waals surface area contributed by atoms with Gasteiger partial charge in [-0.1, -0.05) is 28.1 Å². The molecule has 3 atom stereocenters. The quantitative estimate of drug-likeness (QED) is 0.397. The molecule has 5 heteroatoms. The standard InChI is InChI=1S/C5H10BrN3S/c1-2-3(6)4(10)9-5(7)8-2/h2-3,5,8H,7H2,1H3,(H,9,10). The van der Waals surface area contributed by atoms with E-state index in [2.05, 4.69) is 26.6 Å². The third-order valence-electron chi connectivity index (χ3n) is 1.43. The van der Waals surface area contributed by atoms with Crippen molar-refractivity contribution in [3.8, 4) is 0 Å². The van der Waals surface area contributed by atoms with Crippen LogP contribution in [0.4, 0.5) is 0 Å². The maximum Gasteiger partial charge on any atom is 0.130 e. The van der Waals surface area contributed by atoms with Crippen LogP contribution in [0.1, 0.15) is 6.92 Å². The van der Waals surface area contributed by atoms with Crippen LogP contribution >= 0.6 is 28.1 Å². The first-order chi connectivity index (χ1) is 4.61. The summed E-state index contributed by atoms with van der Waals surface area (Å²) in [6, 6.07) is 0.295. The molecule has 3 nitrogen and oxygen atoms in total. The third-order valence-corrected chi connectivity index (χ3v) is 3.36. The number of hydrogen-bond acceptors (Lipinski definition) is 3. The van der Waals surface area contributed by atoms with Gasteiger partial charge in [-0.2, -0.15) is 0 Å². The highest BCUT2D eigenvalue weighted by Gasteiger charge is 2.25. The topological polar surface area (TPSA) is 50.1 Å². The SMILES string of the molecule is CC1NC(N)NC(=S)C1Br. The summed E-state index contributed by atoms with van der Waals surface area (Å²) < 4.78 is 0. The summed E-state index contributed by atoms with van der Waals surface area (Å²) in [4.78, 5) is 0.973. The summed E-state index contributed by atoms with van der Waals surface area (Å²) in [6.45, 7) is 2.03. The molecule has 0 saturated carbocycles. The molecule has 10 heavy (non-hydrogen) atoms. The predicted octanol–water partition coefficient (Wildman–Crippen LogP) is -0.0991. The van der Waals surface area contributed by atoms with Gasteiger partial charge < -0.3 is 5.32 Å². The first kappa shape index (κ1) is 8.39. The van der Waals surface area contributed by atoms with Crippen molar-refractivity contribution in [2.75, 3.05) is 0 Å². The molecule has 1 saturated heterocycles. The van der Waals surface area contributed by atoms with E-state index in [4.69, 9.17) is 18.0 Å². The van der Waals surface area contributed by atoms with E-state index in [9.17, 15) is 0 Å². The van der Waals surface area contributed by atoms with E-state index >= 15 is 0 Å².